The first-order valence-electron chi connectivity index (χ1n) is 3.85. The van der Waals surface area contributed by atoms with Gasteiger partial charge in [0.05, 0.1) is 0 Å². The maximum absolute atomic E-state index is 11.0. The van der Waals surface area contributed by atoms with Crippen LogP contribution in [-0.2, 0) is 9.53 Å². The molecule has 0 saturated heterocycles. The van der Waals surface area contributed by atoms with Gasteiger partial charge in [0.15, 0.2) is 0 Å². The Hall–Kier alpha value is -0.790. The molecule has 0 saturated carbocycles. The third-order valence-electron chi connectivity index (χ3n) is 1.53. The molecule has 0 radical (unpaired) electrons. The molecule has 11 heavy (non-hydrogen) atoms. The average molecular weight is 154 g/mol. The number of esters is 1. The lowest BCUT2D eigenvalue weighted by atomic mass is 9.88. The highest BCUT2D eigenvalue weighted by Crippen LogP contribution is 2.26. The molecule has 0 aromatic rings. The molecule has 2 heteroatoms. The van der Waals surface area contributed by atoms with E-state index in [2.05, 4.69) is 20.8 Å². The molecule has 0 bridgehead atoms. The van der Waals surface area contributed by atoms with Gasteiger partial charge in [-0.25, -0.2) is 4.79 Å². The fraction of sp³-hybridized carbons (Fsp3) is 0.667. The molecule has 0 aromatic carbocycles. The molecule has 1 rings (SSSR count). The quantitative estimate of drug-likeness (QED) is 0.539. The fourth-order valence-electron chi connectivity index (χ4n) is 1.11. The van der Waals surface area contributed by atoms with Crippen LogP contribution in [0.15, 0.2) is 11.6 Å². The topological polar surface area (TPSA) is 26.3 Å². The van der Waals surface area contributed by atoms with Crippen LogP contribution in [0.2, 0.25) is 0 Å². The maximum atomic E-state index is 11.0. The Labute approximate surface area is 67.2 Å². The van der Waals surface area contributed by atoms with Gasteiger partial charge in [0.2, 0.25) is 0 Å². The number of carbonyl (C=O) groups is 1. The normalized spacial score (nSPS) is 18.1. The molecule has 1 heterocycles. The van der Waals surface area contributed by atoms with Gasteiger partial charge in [0, 0.05) is 5.57 Å². The highest BCUT2D eigenvalue weighted by atomic mass is 16.5. The van der Waals surface area contributed by atoms with Crippen molar-refractivity contribution in [3.63, 3.8) is 0 Å². The molecular weight excluding hydrogens is 140 g/mol. The zero-order valence-corrected chi connectivity index (χ0v) is 7.31. The first-order valence-corrected chi connectivity index (χ1v) is 3.85. The largest absolute Gasteiger partial charge is 0.458 e. The number of hydrogen-bond donors (Lipinski definition) is 0. The van der Waals surface area contributed by atoms with E-state index in [1.807, 2.05) is 6.08 Å². The van der Waals surface area contributed by atoms with Gasteiger partial charge in [0.1, 0.15) is 6.61 Å². The first-order chi connectivity index (χ1) is 4.99. The summed E-state index contributed by atoms with van der Waals surface area (Å²) in [5, 5.41) is 0. The van der Waals surface area contributed by atoms with Crippen molar-refractivity contribution >= 4 is 5.97 Å². The summed E-state index contributed by atoms with van der Waals surface area (Å²) in [4.78, 5) is 11.0. The lowest BCUT2D eigenvalue weighted by Gasteiger charge is -2.16. The summed E-state index contributed by atoms with van der Waals surface area (Å²) in [6, 6.07) is 0. The Morgan fingerprint density at radius 2 is 2.18 bits per heavy atom. The molecule has 0 fully saturated rings. The van der Waals surface area contributed by atoms with E-state index in [0.717, 1.165) is 12.0 Å². The molecule has 0 spiro atoms. The lowest BCUT2D eigenvalue weighted by molar-refractivity contribution is -0.136. The molecule has 1 aliphatic rings. The summed E-state index contributed by atoms with van der Waals surface area (Å²) < 4.78 is 4.78. The summed E-state index contributed by atoms with van der Waals surface area (Å²) in [6.45, 7) is 6.79. The van der Waals surface area contributed by atoms with Crippen LogP contribution < -0.4 is 0 Å². The second-order valence-corrected chi connectivity index (χ2v) is 4.07. The number of carbonyl (C=O) groups excluding carboxylic acids is 1. The van der Waals surface area contributed by atoms with Crippen LogP contribution in [0.25, 0.3) is 0 Å². The first kappa shape index (κ1) is 8.31. The van der Waals surface area contributed by atoms with Crippen LogP contribution in [0.3, 0.4) is 0 Å². The van der Waals surface area contributed by atoms with Gasteiger partial charge < -0.3 is 4.74 Å². The van der Waals surface area contributed by atoms with Crippen LogP contribution in [0.1, 0.15) is 27.2 Å². The van der Waals surface area contributed by atoms with E-state index >= 15 is 0 Å². The van der Waals surface area contributed by atoms with E-state index < -0.39 is 0 Å². The van der Waals surface area contributed by atoms with E-state index in [1.165, 1.54) is 0 Å². The predicted molar refractivity (Wildman–Crippen MR) is 43.1 cm³/mol. The average Bonchev–Trinajstić information content (AvgIpc) is 2.12. The van der Waals surface area contributed by atoms with Crippen LogP contribution in [-0.4, -0.2) is 12.6 Å². The fourth-order valence-corrected chi connectivity index (χ4v) is 1.11. The summed E-state index contributed by atoms with van der Waals surface area (Å²) in [6.07, 6.45) is 2.68. The smallest absolute Gasteiger partial charge is 0.334 e. The molecule has 0 aromatic heterocycles. The van der Waals surface area contributed by atoms with Crippen molar-refractivity contribution in [2.45, 2.75) is 27.2 Å². The minimum Gasteiger partial charge on any atom is -0.458 e. The number of ether oxygens (including phenoxy) is 1. The van der Waals surface area contributed by atoms with Crippen molar-refractivity contribution in [1.29, 1.82) is 0 Å². The number of hydrogen-bond acceptors (Lipinski definition) is 2. The van der Waals surface area contributed by atoms with Crippen LogP contribution in [0.4, 0.5) is 0 Å². The number of cyclic esters (lactones) is 1. The van der Waals surface area contributed by atoms with Crippen molar-refractivity contribution < 1.29 is 9.53 Å². The Morgan fingerprint density at radius 3 is 2.55 bits per heavy atom. The minimum atomic E-state index is -0.139. The molecule has 62 valence electrons. The highest BCUT2D eigenvalue weighted by Gasteiger charge is 2.22. The van der Waals surface area contributed by atoms with Crippen molar-refractivity contribution in [3.8, 4) is 0 Å². The SMILES string of the molecule is CC(C)(C)CC1=CCOC1=O. The Kier molecular flexibility index (Phi) is 2.03. The van der Waals surface area contributed by atoms with E-state index in [1.54, 1.807) is 0 Å². The van der Waals surface area contributed by atoms with Crippen molar-refractivity contribution in [3.05, 3.63) is 11.6 Å². The molecule has 0 aliphatic carbocycles. The standard InChI is InChI=1S/C9H14O2/c1-9(2,3)6-7-4-5-11-8(7)10/h4H,5-6H2,1-3H3. The predicted octanol–water partition coefficient (Wildman–Crippen LogP) is 1.91. The third-order valence-corrected chi connectivity index (χ3v) is 1.53. The van der Waals surface area contributed by atoms with Crippen molar-refractivity contribution in [1.82, 2.24) is 0 Å². The van der Waals surface area contributed by atoms with E-state index in [-0.39, 0.29) is 11.4 Å². The van der Waals surface area contributed by atoms with Gasteiger partial charge >= 0.3 is 5.97 Å². The molecule has 1 aliphatic heterocycles. The summed E-state index contributed by atoms with van der Waals surface area (Å²) >= 11 is 0. The highest BCUT2D eigenvalue weighted by molar-refractivity contribution is 5.90. The van der Waals surface area contributed by atoms with Crippen LogP contribution in [0.5, 0.6) is 0 Å². The molecule has 2 nitrogen and oxygen atoms in total. The lowest BCUT2D eigenvalue weighted by Crippen LogP contribution is -2.10. The molecule has 0 N–H and O–H groups in total. The van der Waals surface area contributed by atoms with E-state index in [9.17, 15) is 4.79 Å². The monoisotopic (exact) mass is 154 g/mol. The zero-order valence-electron chi connectivity index (χ0n) is 7.31. The van der Waals surface area contributed by atoms with E-state index in [0.29, 0.717) is 6.61 Å². The molecule has 0 amide bonds. The van der Waals surface area contributed by atoms with Gasteiger partial charge in [-0.15, -0.1) is 0 Å². The Bertz CT molecular complexity index is 196. The Balaban J connectivity index is 2.56. The second-order valence-electron chi connectivity index (χ2n) is 4.07. The van der Waals surface area contributed by atoms with Crippen molar-refractivity contribution in [2.75, 3.05) is 6.61 Å². The van der Waals surface area contributed by atoms with Gasteiger partial charge in [-0.2, -0.15) is 0 Å². The summed E-state index contributed by atoms with van der Waals surface area (Å²) in [5.74, 6) is -0.139. The second kappa shape index (κ2) is 2.68. The van der Waals surface area contributed by atoms with Crippen LogP contribution in [0, 0.1) is 5.41 Å². The molecular formula is C9H14O2. The van der Waals surface area contributed by atoms with Gasteiger partial charge in [-0.1, -0.05) is 20.8 Å². The summed E-state index contributed by atoms with van der Waals surface area (Å²) in [5.41, 5.74) is 1.01. The third kappa shape index (κ3) is 2.37. The summed E-state index contributed by atoms with van der Waals surface area (Å²) in [7, 11) is 0. The van der Waals surface area contributed by atoms with E-state index in [4.69, 9.17) is 4.74 Å². The minimum absolute atomic E-state index is 0.139. The van der Waals surface area contributed by atoms with Gasteiger partial charge in [0.25, 0.3) is 0 Å². The Morgan fingerprint density at radius 1 is 1.55 bits per heavy atom. The van der Waals surface area contributed by atoms with Crippen LogP contribution >= 0.6 is 0 Å². The molecule has 0 atom stereocenters. The zero-order chi connectivity index (χ0) is 8.48. The van der Waals surface area contributed by atoms with Gasteiger partial charge in [-0.3, -0.25) is 0 Å². The molecule has 0 unspecified atom stereocenters. The maximum Gasteiger partial charge on any atom is 0.334 e. The number of rotatable bonds is 1. The van der Waals surface area contributed by atoms with Crippen molar-refractivity contribution in [2.24, 2.45) is 5.41 Å². The van der Waals surface area contributed by atoms with Gasteiger partial charge in [-0.05, 0) is 17.9 Å².